The van der Waals surface area contributed by atoms with Crippen LogP contribution in [0.25, 0.3) is 11.2 Å². The molecule has 0 N–H and O–H groups in total. The Morgan fingerprint density at radius 3 is 2.59 bits per heavy atom. The third kappa shape index (κ3) is 2.48. The Morgan fingerprint density at radius 1 is 1.15 bits per heavy atom. The number of hydrogen-bond donors (Lipinski definition) is 0. The highest BCUT2D eigenvalue weighted by atomic mass is 19.3. The summed E-state index contributed by atoms with van der Waals surface area (Å²) in [4.78, 5) is 11.1. The highest BCUT2D eigenvalue weighted by Crippen LogP contribution is 2.64. The first-order valence-electron chi connectivity index (χ1n) is 9.85. The first-order valence-corrected chi connectivity index (χ1v) is 9.85. The number of ether oxygens (including phenoxy) is 1. The molecule has 0 amide bonds. The largest absolute Gasteiger partial charge is 0.378 e. The van der Waals surface area contributed by atoms with Crippen molar-refractivity contribution in [3.05, 3.63) is 12.4 Å². The van der Waals surface area contributed by atoms with E-state index < -0.39 is 13.0 Å². The summed E-state index contributed by atoms with van der Waals surface area (Å²) >= 11 is 0. The first-order chi connectivity index (χ1) is 13.0. The van der Waals surface area contributed by atoms with E-state index in [1.807, 2.05) is 0 Å². The number of anilines is 1. The van der Waals surface area contributed by atoms with Gasteiger partial charge in [0.1, 0.15) is 17.9 Å². The van der Waals surface area contributed by atoms with E-state index in [1.54, 1.807) is 6.20 Å². The van der Waals surface area contributed by atoms with Gasteiger partial charge in [-0.1, -0.05) is 0 Å². The molecule has 4 aliphatic carbocycles. The Labute approximate surface area is 155 Å². The fourth-order valence-electron chi connectivity index (χ4n) is 5.59. The van der Waals surface area contributed by atoms with Crippen LogP contribution in [-0.2, 0) is 11.3 Å². The molecule has 6 nitrogen and oxygen atoms in total. The molecule has 0 radical (unpaired) electrons. The molecule has 144 valence electrons. The molecule has 27 heavy (non-hydrogen) atoms. The fraction of sp³-hybridized carbons (Fsp3) is 0.737. The summed E-state index contributed by atoms with van der Waals surface area (Å²) in [6.07, 6.45) is 7.60. The quantitative estimate of drug-likeness (QED) is 0.777. The number of halogens is 2. The number of alkyl halides is 2. The van der Waals surface area contributed by atoms with Crippen molar-refractivity contribution in [3.8, 4) is 0 Å². The summed E-state index contributed by atoms with van der Waals surface area (Å²) in [6, 6.07) is 0. The van der Waals surface area contributed by atoms with Crippen LogP contribution >= 0.6 is 0 Å². The van der Waals surface area contributed by atoms with Crippen LogP contribution in [0.15, 0.2) is 12.4 Å². The van der Waals surface area contributed by atoms with Gasteiger partial charge < -0.3 is 9.64 Å². The van der Waals surface area contributed by atoms with Gasteiger partial charge in [-0.05, 0) is 43.4 Å². The Balaban J connectivity index is 1.06. The third-order valence-corrected chi connectivity index (χ3v) is 7.13. The lowest BCUT2D eigenvalue weighted by molar-refractivity contribution is -0.192. The van der Waals surface area contributed by atoms with Gasteiger partial charge in [0.15, 0.2) is 5.65 Å². The van der Waals surface area contributed by atoms with E-state index in [4.69, 9.17) is 4.74 Å². The minimum Gasteiger partial charge on any atom is -0.378 e. The summed E-state index contributed by atoms with van der Waals surface area (Å²) in [6.45, 7) is 2.41. The summed E-state index contributed by atoms with van der Waals surface area (Å²) in [5.74, 6) is 1.76. The van der Waals surface area contributed by atoms with E-state index >= 15 is 0 Å². The second kappa shape index (κ2) is 5.37. The molecule has 8 heteroatoms. The second-order valence-corrected chi connectivity index (χ2v) is 9.33. The second-order valence-electron chi connectivity index (χ2n) is 9.33. The summed E-state index contributed by atoms with van der Waals surface area (Å²) < 4.78 is 32.8. The average molecular weight is 375 g/mol. The van der Waals surface area contributed by atoms with Crippen LogP contribution < -0.4 is 4.90 Å². The molecule has 1 saturated heterocycles. The molecule has 3 heterocycles. The van der Waals surface area contributed by atoms with Crippen LogP contribution in [0.3, 0.4) is 0 Å². The van der Waals surface area contributed by atoms with Crippen LogP contribution in [0.4, 0.5) is 14.6 Å². The van der Waals surface area contributed by atoms with Gasteiger partial charge in [0.2, 0.25) is 0 Å². The summed E-state index contributed by atoms with van der Waals surface area (Å²) in [5, 5.41) is 3.98. The van der Waals surface area contributed by atoms with Gasteiger partial charge >= 0.3 is 0 Å². The Hall–Kier alpha value is -1.83. The van der Waals surface area contributed by atoms with Crippen LogP contribution in [-0.4, -0.2) is 52.0 Å². The van der Waals surface area contributed by atoms with Crippen molar-refractivity contribution in [1.29, 1.82) is 0 Å². The lowest BCUT2D eigenvalue weighted by Crippen LogP contribution is -2.65. The van der Waals surface area contributed by atoms with Gasteiger partial charge in [-0.2, -0.15) is 5.10 Å². The highest BCUT2D eigenvalue weighted by Gasteiger charge is 2.58. The minimum atomic E-state index is -2.46. The van der Waals surface area contributed by atoms with E-state index in [1.165, 1.54) is 30.1 Å². The maximum absolute atomic E-state index is 12.7. The molecule has 2 aromatic rings. The Kier molecular flexibility index (Phi) is 3.21. The standard InChI is InChI=1S/C19H23F2N5O/c20-15(21)8-26-17-14(6-23-26)22-7-16(24-17)25-9-19(10-25)4-13(5-19)27-11-18-1-12(2-18)3-18/h6-7,12-13,15H,1-5,8-11H2. The lowest BCUT2D eigenvalue weighted by atomic mass is 9.45. The normalized spacial score (nSPS) is 30.9. The maximum Gasteiger partial charge on any atom is 0.258 e. The molecule has 4 saturated carbocycles. The van der Waals surface area contributed by atoms with Crippen molar-refractivity contribution in [2.75, 3.05) is 24.6 Å². The van der Waals surface area contributed by atoms with E-state index in [-0.39, 0.29) is 0 Å². The molecule has 1 aliphatic heterocycles. The average Bonchev–Trinajstić information content (AvgIpc) is 2.86. The van der Waals surface area contributed by atoms with Gasteiger partial charge in [0.05, 0.1) is 25.1 Å². The van der Waals surface area contributed by atoms with E-state index in [9.17, 15) is 8.78 Å². The van der Waals surface area contributed by atoms with Crippen LogP contribution in [0.1, 0.15) is 32.1 Å². The van der Waals surface area contributed by atoms with Gasteiger partial charge in [0, 0.05) is 18.5 Å². The monoisotopic (exact) mass is 375 g/mol. The molecule has 0 atom stereocenters. The van der Waals surface area contributed by atoms with Gasteiger partial charge in [-0.3, -0.25) is 0 Å². The van der Waals surface area contributed by atoms with Crippen LogP contribution in [0, 0.1) is 16.7 Å². The Morgan fingerprint density at radius 2 is 1.93 bits per heavy atom. The van der Waals surface area contributed by atoms with Gasteiger partial charge in [-0.25, -0.2) is 23.4 Å². The number of fused-ring (bicyclic) bond motifs is 1. The molecule has 0 unspecified atom stereocenters. The van der Waals surface area contributed by atoms with Crippen LogP contribution in [0.2, 0.25) is 0 Å². The molecular weight excluding hydrogens is 352 g/mol. The number of rotatable bonds is 6. The molecule has 5 fully saturated rings. The minimum absolute atomic E-state index is 0.351. The SMILES string of the molecule is FC(F)Cn1ncc2ncc(N3CC4(CC(OCC56CC(C5)C6)C4)C3)nc21. The number of aromatic nitrogens is 4. The fourth-order valence-corrected chi connectivity index (χ4v) is 5.59. The molecule has 7 rings (SSSR count). The number of nitrogens with zero attached hydrogens (tertiary/aromatic N) is 5. The molecule has 5 aliphatic rings. The highest BCUT2D eigenvalue weighted by molar-refractivity contribution is 5.71. The van der Waals surface area contributed by atoms with Crippen molar-refractivity contribution in [3.63, 3.8) is 0 Å². The van der Waals surface area contributed by atoms with Crippen molar-refractivity contribution in [1.82, 2.24) is 19.7 Å². The lowest BCUT2D eigenvalue weighted by Gasteiger charge is -2.63. The molecule has 2 bridgehead atoms. The van der Waals surface area contributed by atoms with E-state index in [0.29, 0.717) is 28.1 Å². The summed E-state index contributed by atoms with van der Waals surface area (Å²) in [5.41, 5.74) is 1.90. The predicted octanol–water partition coefficient (Wildman–Crippen LogP) is 2.88. The van der Waals surface area contributed by atoms with E-state index in [0.717, 1.165) is 44.3 Å². The van der Waals surface area contributed by atoms with Gasteiger partial charge in [-0.15, -0.1) is 0 Å². The van der Waals surface area contributed by atoms with Crippen molar-refractivity contribution in [2.24, 2.45) is 16.7 Å². The van der Waals surface area contributed by atoms with Gasteiger partial charge in [0.25, 0.3) is 6.43 Å². The zero-order valence-electron chi connectivity index (χ0n) is 15.2. The maximum atomic E-state index is 12.7. The molecular formula is C19H23F2N5O. The van der Waals surface area contributed by atoms with Crippen LogP contribution in [0.5, 0.6) is 0 Å². The zero-order valence-corrected chi connectivity index (χ0v) is 15.2. The first kappa shape index (κ1) is 16.2. The Bertz CT molecular complexity index is 868. The smallest absolute Gasteiger partial charge is 0.258 e. The molecule has 2 aromatic heterocycles. The van der Waals surface area contributed by atoms with Crippen molar-refractivity contribution < 1.29 is 13.5 Å². The molecule has 0 aromatic carbocycles. The number of hydrogen-bond acceptors (Lipinski definition) is 5. The van der Waals surface area contributed by atoms with Crippen molar-refractivity contribution in [2.45, 2.75) is 51.2 Å². The topological polar surface area (TPSA) is 56.1 Å². The molecule has 1 spiro atoms. The third-order valence-electron chi connectivity index (χ3n) is 7.13. The summed E-state index contributed by atoms with van der Waals surface area (Å²) in [7, 11) is 0. The zero-order chi connectivity index (χ0) is 18.2. The predicted molar refractivity (Wildman–Crippen MR) is 94.7 cm³/mol. The van der Waals surface area contributed by atoms with E-state index in [2.05, 4.69) is 20.0 Å². The van der Waals surface area contributed by atoms with Crippen molar-refractivity contribution >= 4 is 17.0 Å².